The van der Waals surface area contributed by atoms with Gasteiger partial charge >= 0.3 is 0 Å². The van der Waals surface area contributed by atoms with E-state index in [9.17, 15) is 14.7 Å². The SMILES string of the molecule is C[C@@](O)(CNC(=O)[C@H]1CC(=O)N(c2ccccc2Br)C1)CN1CCOCC1. The van der Waals surface area contributed by atoms with E-state index in [0.29, 0.717) is 26.3 Å². The summed E-state index contributed by atoms with van der Waals surface area (Å²) >= 11 is 3.45. The zero-order valence-corrected chi connectivity index (χ0v) is 17.1. The molecule has 27 heavy (non-hydrogen) atoms. The number of nitrogens with zero attached hydrogens (tertiary/aromatic N) is 2. The molecule has 0 bridgehead atoms. The molecule has 0 aliphatic carbocycles. The average molecular weight is 440 g/mol. The van der Waals surface area contributed by atoms with Gasteiger partial charge in [0.2, 0.25) is 11.8 Å². The van der Waals surface area contributed by atoms with Crippen LogP contribution < -0.4 is 10.2 Å². The van der Waals surface area contributed by atoms with Crippen molar-refractivity contribution < 1.29 is 19.4 Å². The van der Waals surface area contributed by atoms with Gasteiger partial charge in [-0.1, -0.05) is 12.1 Å². The van der Waals surface area contributed by atoms with Crippen LogP contribution in [0.25, 0.3) is 0 Å². The number of hydrogen-bond acceptors (Lipinski definition) is 5. The summed E-state index contributed by atoms with van der Waals surface area (Å²) in [6.07, 6.45) is 0.179. The number of carbonyl (C=O) groups is 2. The number of benzene rings is 1. The Labute approximate surface area is 167 Å². The number of ether oxygens (including phenoxy) is 1. The molecule has 0 radical (unpaired) electrons. The topological polar surface area (TPSA) is 82.1 Å². The molecule has 2 aliphatic heterocycles. The molecule has 2 heterocycles. The van der Waals surface area contributed by atoms with Gasteiger partial charge in [-0.15, -0.1) is 0 Å². The van der Waals surface area contributed by atoms with Crippen molar-refractivity contribution >= 4 is 33.4 Å². The zero-order valence-electron chi connectivity index (χ0n) is 15.5. The van der Waals surface area contributed by atoms with E-state index >= 15 is 0 Å². The maximum Gasteiger partial charge on any atom is 0.227 e. The first kappa shape index (κ1) is 20.3. The minimum absolute atomic E-state index is 0.0675. The van der Waals surface area contributed by atoms with Crippen molar-refractivity contribution in [3.05, 3.63) is 28.7 Å². The Morgan fingerprint density at radius 1 is 1.37 bits per heavy atom. The minimum atomic E-state index is -1.03. The fraction of sp³-hybridized carbons (Fsp3) is 0.579. The van der Waals surface area contributed by atoms with E-state index in [0.717, 1.165) is 23.2 Å². The Morgan fingerprint density at radius 2 is 2.07 bits per heavy atom. The Balaban J connectivity index is 1.52. The van der Waals surface area contributed by atoms with E-state index in [1.54, 1.807) is 11.8 Å². The summed E-state index contributed by atoms with van der Waals surface area (Å²) in [5.74, 6) is -0.675. The van der Waals surface area contributed by atoms with Crippen molar-refractivity contribution in [2.75, 3.05) is 50.8 Å². The van der Waals surface area contributed by atoms with Crippen LogP contribution in [0.4, 0.5) is 5.69 Å². The summed E-state index contributed by atoms with van der Waals surface area (Å²) in [7, 11) is 0. The molecule has 2 fully saturated rings. The van der Waals surface area contributed by atoms with Crippen molar-refractivity contribution in [3.63, 3.8) is 0 Å². The second kappa shape index (κ2) is 8.68. The number of halogens is 1. The van der Waals surface area contributed by atoms with Gasteiger partial charge in [-0.25, -0.2) is 0 Å². The molecule has 2 N–H and O–H groups in total. The van der Waals surface area contributed by atoms with Gasteiger partial charge in [0.25, 0.3) is 0 Å². The Morgan fingerprint density at radius 3 is 2.78 bits per heavy atom. The lowest BCUT2D eigenvalue weighted by Gasteiger charge is -2.34. The van der Waals surface area contributed by atoms with E-state index in [1.807, 2.05) is 24.3 Å². The average Bonchev–Trinajstić information content (AvgIpc) is 3.02. The second-order valence-electron chi connectivity index (χ2n) is 7.46. The summed E-state index contributed by atoms with van der Waals surface area (Å²) in [6, 6.07) is 7.48. The first-order valence-electron chi connectivity index (χ1n) is 9.21. The highest BCUT2D eigenvalue weighted by atomic mass is 79.9. The first-order chi connectivity index (χ1) is 12.9. The first-order valence-corrected chi connectivity index (χ1v) is 10.0. The Hall–Kier alpha value is -1.48. The maximum atomic E-state index is 12.5. The molecule has 1 aromatic rings. The largest absolute Gasteiger partial charge is 0.387 e. The molecule has 2 amide bonds. The number of para-hydroxylation sites is 1. The molecule has 3 rings (SSSR count). The highest BCUT2D eigenvalue weighted by Crippen LogP contribution is 2.31. The van der Waals surface area contributed by atoms with Crippen molar-refractivity contribution in [3.8, 4) is 0 Å². The predicted octanol–water partition coefficient (Wildman–Crippen LogP) is 1.00. The molecular formula is C19H26BrN3O4. The Bertz CT molecular complexity index is 691. The van der Waals surface area contributed by atoms with Gasteiger partial charge in [0.05, 0.1) is 30.4 Å². The van der Waals surface area contributed by atoms with Gasteiger partial charge in [0, 0.05) is 43.6 Å². The molecule has 7 nitrogen and oxygen atoms in total. The van der Waals surface area contributed by atoms with Crippen LogP contribution in [0.15, 0.2) is 28.7 Å². The molecular weight excluding hydrogens is 414 g/mol. The van der Waals surface area contributed by atoms with Gasteiger partial charge < -0.3 is 20.1 Å². The van der Waals surface area contributed by atoms with Crippen molar-refractivity contribution in [1.29, 1.82) is 0 Å². The lowest BCUT2D eigenvalue weighted by molar-refractivity contribution is -0.127. The molecule has 2 atom stereocenters. The summed E-state index contributed by atoms with van der Waals surface area (Å²) < 4.78 is 6.14. The van der Waals surface area contributed by atoms with Gasteiger partial charge in [-0.05, 0) is 35.0 Å². The van der Waals surface area contributed by atoms with Gasteiger partial charge in [-0.3, -0.25) is 14.5 Å². The number of rotatable bonds is 6. The number of aliphatic hydroxyl groups is 1. The van der Waals surface area contributed by atoms with Crippen LogP contribution in [-0.2, 0) is 14.3 Å². The van der Waals surface area contributed by atoms with Crippen LogP contribution >= 0.6 is 15.9 Å². The standard InChI is InChI=1S/C19H26BrN3O4/c1-19(26,13-22-6-8-27-9-7-22)12-21-18(25)14-10-17(24)23(11-14)16-5-3-2-4-15(16)20/h2-5,14,26H,6-13H2,1H3,(H,21,25)/t14-,19+/m0/s1. The number of anilines is 1. The van der Waals surface area contributed by atoms with Gasteiger partial charge in [0.15, 0.2) is 0 Å². The molecule has 0 unspecified atom stereocenters. The maximum absolute atomic E-state index is 12.5. The summed E-state index contributed by atoms with van der Waals surface area (Å²) in [5.41, 5.74) is -0.255. The van der Waals surface area contributed by atoms with E-state index in [4.69, 9.17) is 4.74 Å². The quantitative estimate of drug-likeness (QED) is 0.690. The van der Waals surface area contributed by atoms with Crippen LogP contribution in [0.2, 0.25) is 0 Å². The van der Waals surface area contributed by atoms with Crippen molar-refractivity contribution in [2.45, 2.75) is 18.9 Å². The van der Waals surface area contributed by atoms with Crippen molar-refractivity contribution in [2.24, 2.45) is 5.92 Å². The van der Waals surface area contributed by atoms with E-state index in [2.05, 4.69) is 26.1 Å². The zero-order chi connectivity index (χ0) is 19.4. The number of hydrogen-bond donors (Lipinski definition) is 2. The normalized spacial score (nSPS) is 23.3. The van der Waals surface area contributed by atoms with Crippen molar-refractivity contribution in [1.82, 2.24) is 10.2 Å². The fourth-order valence-corrected chi connectivity index (χ4v) is 4.00. The monoisotopic (exact) mass is 439 g/mol. The third-order valence-corrected chi connectivity index (χ3v) is 5.62. The third kappa shape index (κ3) is 5.28. The molecule has 148 valence electrons. The van der Waals surface area contributed by atoms with Gasteiger partial charge in [0.1, 0.15) is 0 Å². The molecule has 2 aliphatic rings. The molecule has 8 heteroatoms. The second-order valence-corrected chi connectivity index (χ2v) is 8.31. The number of amides is 2. The van der Waals surface area contributed by atoms with E-state index in [1.165, 1.54) is 0 Å². The predicted molar refractivity (Wildman–Crippen MR) is 105 cm³/mol. The molecule has 0 spiro atoms. The highest BCUT2D eigenvalue weighted by Gasteiger charge is 2.36. The number of carbonyl (C=O) groups excluding carboxylic acids is 2. The lowest BCUT2D eigenvalue weighted by Crippen LogP contribution is -2.52. The third-order valence-electron chi connectivity index (χ3n) is 4.95. The molecule has 1 aromatic carbocycles. The van der Waals surface area contributed by atoms with Crippen LogP contribution in [0.5, 0.6) is 0 Å². The van der Waals surface area contributed by atoms with Gasteiger partial charge in [-0.2, -0.15) is 0 Å². The smallest absolute Gasteiger partial charge is 0.227 e. The lowest BCUT2D eigenvalue weighted by atomic mass is 10.0. The summed E-state index contributed by atoms with van der Waals surface area (Å²) in [6.45, 7) is 5.58. The van der Waals surface area contributed by atoms with E-state index < -0.39 is 11.5 Å². The fourth-order valence-electron chi connectivity index (χ4n) is 3.51. The highest BCUT2D eigenvalue weighted by molar-refractivity contribution is 9.10. The van der Waals surface area contributed by atoms with E-state index in [-0.39, 0.29) is 24.8 Å². The number of nitrogens with one attached hydrogen (secondary N) is 1. The molecule has 2 saturated heterocycles. The number of β-amino-alcohol motifs (C(OH)–C–C–N with tert-alkyl or cyclic N) is 1. The molecule has 0 aromatic heterocycles. The summed E-state index contributed by atoms with van der Waals surface area (Å²) in [4.78, 5) is 28.7. The van der Waals surface area contributed by atoms with Crippen LogP contribution in [0.3, 0.4) is 0 Å². The number of morpholine rings is 1. The summed E-state index contributed by atoms with van der Waals surface area (Å²) in [5, 5.41) is 13.4. The van der Waals surface area contributed by atoms with Crippen LogP contribution in [0.1, 0.15) is 13.3 Å². The van der Waals surface area contributed by atoms with Crippen LogP contribution in [-0.4, -0.2) is 73.4 Å². The minimum Gasteiger partial charge on any atom is -0.387 e. The van der Waals surface area contributed by atoms with Crippen LogP contribution in [0, 0.1) is 5.92 Å². The molecule has 0 saturated carbocycles. The Kier molecular flexibility index (Phi) is 6.52.